The van der Waals surface area contributed by atoms with Crippen LogP contribution in [0.15, 0.2) is 53.1 Å². The zero-order chi connectivity index (χ0) is 19.0. The molecular formula is C20H13BrF2N2O2. The molecule has 4 rings (SSSR count). The Morgan fingerprint density at radius 1 is 1.11 bits per heavy atom. The lowest BCUT2D eigenvalue weighted by Crippen LogP contribution is -2.16. The Labute approximate surface area is 162 Å². The number of benzene rings is 2. The molecule has 0 spiro atoms. The van der Waals surface area contributed by atoms with Crippen molar-refractivity contribution in [2.75, 3.05) is 11.9 Å². The molecule has 27 heavy (non-hydrogen) atoms. The van der Waals surface area contributed by atoms with Gasteiger partial charge in [0.25, 0.3) is 5.91 Å². The Morgan fingerprint density at radius 3 is 2.59 bits per heavy atom. The molecule has 1 amide bonds. The first-order chi connectivity index (χ1) is 13.0. The lowest BCUT2D eigenvalue weighted by molar-refractivity contribution is 0.101. The third-order valence-electron chi connectivity index (χ3n) is 4.27. The molecule has 0 radical (unpaired) electrons. The van der Waals surface area contributed by atoms with Crippen LogP contribution in [0.25, 0.3) is 11.1 Å². The van der Waals surface area contributed by atoms with Gasteiger partial charge in [-0.3, -0.25) is 4.79 Å². The van der Waals surface area contributed by atoms with Crippen molar-refractivity contribution in [1.82, 2.24) is 4.98 Å². The van der Waals surface area contributed by atoms with Crippen molar-refractivity contribution in [3.05, 3.63) is 75.9 Å². The highest BCUT2D eigenvalue weighted by Crippen LogP contribution is 2.37. The van der Waals surface area contributed by atoms with Gasteiger partial charge in [0.1, 0.15) is 28.8 Å². The molecule has 2 aromatic carbocycles. The number of carbonyl (C=O) groups excluding carboxylic acids is 1. The van der Waals surface area contributed by atoms with Gasteiger partial charge in [-0.25, -0.2) is 13.8 Å². The molecule has 1 N–H and O–H groups in total. The van der Waals surface area contributed by atoms with Crippen molar-refractivity contribution in [2.45, 2.75) is 6.42 Å². The van der Waals surface area contributed by atoms with E-state index < -0.39 is 23.1 Å². The molecular weight excluding hydrogens is 418 g/mol. The maximum atomic E-state index is 13.7. The average Bonchev–Trinajstić information content (AvgIpc) is 3.11. The normalized spacial score (nSPS) is 12.4. The molecule has 136 valence electrons. The first-order valence-electron chi connectivity index (χ1n) is 8.20. The number of hydrogen-bond donors (Lipinski definition) is 1. The molecule has 0 fully saturated rings. The molecule has 0 saturated carbocycles. The maximum Gasteiger partial charge on any atom is 0.262 e. The second-order valence-electron chi connectivity index (χ2n) is 6.03. The predicted molar refractivity (Wildman–Crippen MR) is 101 cm³/mol. The summed E-state index contributed by atoms with van der Waals surface area (Å²) in [4.78, 5) is 16.3. The fourth-order valence-corrected chi connectivity index (χ4v) is 3.58. The van der Waals surface area contributed by atoms with Crippen LogP contribution in [-0.4, -0.2) is 17.5 Å². The van der Waals surface area contributed by atoms with E-state index >= 15 is 0 Å². The molecule has 0 atom stereocenters. The van der Waals surface area contributed by atoms with Gasteiger partial charge >= 0.3 is 0 Å². The Hall–Kier alpha value is -2.80. The average molecular weight is 431 g/mol. The largest absolute Gasteiger partial charge is 0.492 e. The lowest BCUT2D eigenvalue weighted by Gasteiger charge is -2.09. The van der Waals surface area contributed by atoms with Crippen LogP contribution in [0.4, 0.5) is 14.6 Å². The number of rotatable bonds is 3. The van der Waals surface area contributed by atoms with Crippen molar-refractivity contribution >= 4 is 27.7 Å². The molecule has 0 bridgehead atoms. The van der Waals surface area contributed by atoms with Crippen LogP contribution in [0.1, 0.15) is 15.9 Å². The third-order valence-corrected chi connectivity index (χ3v) is 4.86. The van der Waals surface area contributed by atoms with Crippen molar-refractivity contribution in [3.63, 3.8) is 0 Å². The monoisotopic (exact) mass is 430 g/mol. The minimum Gasteiger partial charge on any atom is -0.492 e. The summed E-state index contributed by atoms with van der Waals surface area (Å²) >= 11 is 3.51. The topological polar surface area (TPSA) is 51.2 Å². The molecule has 2 heterocycles. The Balaban J connectivity index is 1.56. The highest BCUT2D eigenvalue weighted by molar-refractivity contribution is 9.10. The summed E-state index contributed by atoms with van der Waals surface area (Å²) < 4.78 is 33.8. The van der Waals surface area contributed by atoms with Crippen LogP contribution < -0.4 is 10.1 Å². The number of nitrogens with zero attached hydrogens (tertiary/aromatic N) is 1. The van der Waals surface area contributed by atoms with Gasteiger partial charge in [-0.2, -0.15) is 0 Å². The zero-order valence-corrected chi connectivity index (χ0v) is 15.5. The van der Waals surface area contributed by atoms with Crippen molar-refractivity contribution in [2.24, 2.45) is 0 Å². The number of pyridine rings is 1. The molecule has 4 nitrogen and oxygen atoms in total. The van der Waals surface area contributed by atoms with Gasteiger partial charge in [0.15, 0.2) is 0 Å². The summed E-state index contributed by atoms with van der Waals surface area (Å²) in [5, 5.41) is 2.41. The van der Waals surface area contributed by atoms with Gasteiger partial charge in [-0.05, 0) is 63.5 Å². The zero-order valence-electron chi connectivity index (χ0n) is 13.9. The van der Waals surface area contributed by atoms with E-state index in [4.69, 9.17) is 4.74 Å². The molecule has 7 heteroatoms. The van der Waals surface area contributed by atoms with Crippen molar-refractivity contribution < 1.29 is 18.3 Å². The minimum atomic E-state index is -0.922. The smallest absolute Gasteiger partial charge is 0.262 e. The van der Waals surface area contributed by atoms with Crippen LogP contribution in [0.5, 0.6) is 5.75 Å². The fourth-order valence-electron chi connectivity index (χ4n) is 2.96. The maximum absolute atomic E-state index is 13.7. The SMILES string of the molecule is O=C(Nc1ccc(-c2cc(Br)c3c(c2)CCO3)cn1)c1c(F)cccc1F. The van der Waals surface area contributed by atoms with E-state index in [-0.39, 0.29) is 5.82 Å². The molecule has 1 aromatic heterocycles. The summed E-state index contributed by atoms with van der Waals surface area (Å²) in [6.45, 7) is 0.660. The highest BCUT2D eigenvalue weighted by Gasteiger charge is 2.19. The number of nitrogens with one attached hydrogen (secondary N) is 1. The first-order valence-corrected chi connectivity index (χ1v) is 8.99. The number of aromatic nitrogens is 1. The Bertz CT molecular complexity index is 1020. The summed E-state index contributed by atoms with van der Waals surface area (Å²) in [7, 11) is 0. The molecule has 1 aliphatic heterocycles. The summed E-state index contributed by atoms with van der Waals surface area (Å²) in [6, 6.07) is 10.6. The van der Waals surface area contributed by atoms with Crippen molar-refractivity contribution in [1.29, 1.82) is 0 Å². The van der Waals surface area contributed by atoms with Crippen LogP contribution in [0, 0.1) is 11.6 Å². The van der Waals surface area contributed by atoms with Crippen LogP contribution >= 0.6 is 15.9 Å². The molecule has 3 aromatic rings. The predicted octanol–water partition coefficient (Wildman–Crippen LogP) is 4.98. The van der Waals surface area contributed by atoms with E-state index in [9.17, 15) is 13.6 Å². The molecule has 1 aliphatic rings. The number of carbonyl (C=O) groups is 1. The van der Waals surface area contributed by atoms with Gasteiger partial charge in [-0.1, -0.05) is 6.07 Å². The number of halogens is 3. The standard InChI is InChI=1S/C20H13BrF2N2O2/c21-14-9-13(8-11-6-7-27-19(11)14)12-4-5-17(24-10-12)25-20(26)18-15(22)2-1-3-16(18)23/h1-5,8-10H,6-7H2,(H,24,25,26). The van der Waals surface area contributed by atoms with Gasteiger partial charge in [-0.15, -0.1) is 0 Å². The number of amides is 1. The van der Waals surface area contributed by atoms with Crippen LogP contribution in [0.2, 0.25) is 0 Å². The second kappa shape index (κ2) is 7.08. The van der Waals surface area contributed by atoms with Gasteiger partial charge < -0.3 is 10.1 Å². The summed E-state index contributed by atoms with van der Waals surface area (Å²) in [5.41, 5.74) is 2.29. The lowest BCUT2D eigenvalue weighted by atomic mass is 10.0. The number of fused-ring (bicyclic) bond motifs is 1. The van der Waals surface area contributed by atoms with Gasteiger partial charge in [0.05, 0.1) is 11.1 Å². The van der Waals surface area contributed by atoms with Gasteiger partial charge in [0, 0.05) is 18.2 Å². The molecule has 0 aliphatic carbocycles. The molecule has 0 saturated heterocycles. The van der Waals surface area contributed by atoms with Crippen molar-refractivity contribution in [3.8, 4) is 16.9 Å². The highest BCUT2D eigenvalue weighted by atomic mass is 79.9. The third kappa shape index (κ3) is 3.42. The first kappa shape index (κ1) is 17.6. The van der Waals surface area contributed by atoms with E-state index in [1.165, 1.54) is 6.07 Å². The Morgan fingerprint density at radius 2 is 1.89 bits per heavy atom. The number of anilines is 1. The number of ether oxygens (including phenoxy) is 1. The minimum absolute atomic E-state index is 0.204. The van der Waals surface area contributed by atoms with E-state index in [0.29, 0.717) is 6.61 Å². The van der Waals surface area contributed by atoms with E-state index in [2.05, 4.69) is 26.2 Å². The van der Waals surface area contributed by atoms with Gasteiger partial charge in [0.2, 0.25) is 0 Å². The summed E-state index contributed by atoms with van der Waals surface area (Å²) in [6.07, 6.45) is 2.44. The quantitative estimate of drug-likeness (QED) is 0.637. The Kier molecular flexibility index (Phi) is 4.61. The van der Waals surface area contributed by atoms with E-state index in [1.54, 1.807) is 18.3 Å². The molecule has 0 unspecified atom stereocenters. The number of hydrogen-bond acceptors (Lipinski definition) is 3. The fraction of sp³-hybridized carbons (Fsp3) is 0.100. The van der Waals surface area contributed by atoms with Crippen LogP contribution in [-0.2, 0) is 6.42 Å². The summed E-state index contributed by atoms with van der Waals surface area (Å²) in [5.74, 6) is -1.66. The second-order valence-corrected chi connectivity index (χ2v) is 6.88. The van der Waals surface area contributed by atoms with Crippen LogP contribution in [0.3, 0.4) is 0 Å². The van der Waals surface area contributed by atoms with E-state index in [1.807, 2.05) is 12.1 Å². The van der Waals surface area contributed by atoms with E-state index in [0.717, 1.165) is 45.5 Å².